The first kappa shape index (κ1) is 14.4. The molecule has 3 aromatic rings. The van der Waals surface area contributed by atoms with Crippen molar-refractivity contribution in [2.24, 2.45) is 0 Å². The zero-order valence-electron chi connectivity index (χ0n) is 13.2. The van der Waals surface area contributed by atoms with Crippen LogP contribution in [0.15, 0.2) is 60.7 Å². The van der Waals surface area contributed by atoms with Gasteiger partial charge in [0.15, 0.2) is 0 Å². The van der Waals surface area contributed by atoms with Crippen LogP contribution in [-0.4, -0.2) is 0 Å². The highest BCUT2D eigenvalue weighted by atomic mass is 14.2. The van der Waals surface area contributed by atoms with Crippen molar-refractivity contribution in [1.82, 2.24) is 0 Å². The first-order valence-electron chi connectivity index (χ1n) is 7.53. The summed E-state index contributed by atoms with van der Waals surface area (Å²) >= 11 is 0. The summed E-state index contributed by atoms with van der Waals surface area (Å²) in [5.74, 6) is 0. The fourth-order valence-electron chi connectivity index (χ4n) is 2.80. The van der Waals surface area contributed by atoms with Gasteiger partial charge in [0.25, 0.3) is 0 Å². The van der Waals surface area contributed by atoms with Crippen molar-refractivity contribution in [2.45, 2.75) is 26.2 Å². The number of fused-ring (bicyclic) bond motifs is 1. The Morgan fingerprint density at radius 1 is 0.773 bits per heavy atom. The highest BCUT2D eigenvalue weighted by Crippen LogP contribution is 2.32. The first-order chi connectivity index (χ1) is 10.5. The zero-order valence-corrected chi connectivity index (χ0v) is 13.2. The fraction of sp³-hybridized carbons (Fsp3) is 0.190. The third-order valence-electron chi connectivity index (χ3n) is 4.11. The van der Waals surface area contributed by atoms with Crippen molar-refractivity contribution in [2.75, 3.05) is 0 Å². The molecular weight excluding hydrogens is 266 g/mol. The summed E-state index contributed by atoms with van der Waals surface area (Å²) in [4.78, 5) is 0. The third-order valence-corrected chi connectivity index (χ3v) is 4.11. The number of hydrogen-bond donors (Lipinski definition) is 0. The van der Waals surface area contributed by atoms with E-state index < -0.39 is 0 Å². The molecule has 3 rings (SSSR count). The van der Waals surface area contributed by atoms with Crippen molar-refractivity contribution in [3.05, 3.63) is 71.8 Å². The molecule has 1 heteroatoms. The Kier molecular flexibility index (Phi) is 3.47. The second-order valence-electron chi connectivity index (χ2n) is 6.65. The molecule has 0 radical (unpaired) electrons. The lowest BCUT2D eigenvalue weighted by molar-refractivity contribution is 0.590. The van der Waals surface area contributed by atoms with E-state index in [0.29, 0.717) is 0 Å². The second kappa shape index (κ2) is 5.31. The molecule has 0 unspecified atom stereocenters. The maximum atomic E-state index is 9.27. The van der Waals surface area contributed by atoms with Crippen molar-refractivity contribution < 1.29 is 0 Å². The summed E-state index contributed by atoms with van der Waals surface area (Å²) in [5, 5.41) is 11.4. The topological polar surface area (TPSA) is 23.8 Å². The Hall–Kier alpha value is -2.59. The molecule has 0 aliphatic carbocycles. The van der Waals surface area contributed by atoms with Crippen LogP contribution in [0, 0.1) is 11.3 Å². The lowest BCUT2D eigenvalue weighted by atomic mass is 9.86. The predicted octanol–water partition coefficient (Wildman–Crippen LogP) is 5.68. The van der Waals surface area contributed by atoms with E-state index in [9.17, 15) is 5.26 Å². The van der Waals surface area contributed by atoms with Crippen LogP contribution in [0.1, 0.15) is 31.9 Å². The van der Waals surface area contributed by atoms with Gasteiger partial charge in [-0.25, -0.2) is 0 Å². The first-order valence-corrected chi connectivity index (χ1v) is 7.53. The molecule has 108 valence electrons. The monoisotopic (exact) mass is 285 g/mol. The van der Waals surface area contributed by atoms with Crippen molar-refractivity contribution in [1.29, 1.82) is 5.26 Å². The number of hydrogen-bond acceptors (Lipinski definition) is 1. The Morgan fingerprint density at radius 3 is 2.00 bits per heavy atom. The van der Waals surface area contributed by atoms with Crippen LogP contribution >= 0.6 is 0 Å². The summed E-state index contributed by atoms with van der Waals surface area (Å²) in [7, 11) is 0. The summed E-state index contributed by atoms with van der Waals surface area (Å²) in [5.41, 5.74) is 4.58. The molecule has 0 fully saturated rings. The molecular formula is C21H19N. The van der Waals surface area contributed by atoms with E-state index in [1.54, 1.807) is 0 Å². The quantitative estimate of drug-likeness (QED) is 0.564. The summed E-state index contributed by atoms with van der Waals surface area (Å²) in [6.45, 7) is 6.66. The van der Waals surface area contributed by atoms with Crippen LogP contribution in [0.3, 0.4) is 0 Å². The molecule has 0 heterocycles. The molecule has 0 aliphatic heterocycles. The molecule has 3 aromatic carbocycles. The SMILES string of the molecule is CC(C)(C)c1ccc(-c2ccc(C#N)c3ccccc23)cc1. The second-order valence-corrected chi connectivity index (χ2v) is 6.65. The normalized spacial score (nSPS) is 11.4. The van der Waals surface area contributed by atoms with E-state index in [1.807, 2.05) is 30.3 Å². The van der Waals surface area contributed by atoms with Gasteiger partial charge in [-0.15, -0.1) is 0 Å². The minimum Gasteiger partial charge on any atom is -0.192 e. The largest absolute Gasteiger partial charge is 0.192 e. The molecule has 0 aromatic heterocycles. The number of nitriles is 1. The van der Waals surface area contributed by atoms with E-state index in [0.717, 1.165) is 16.3 Å². The van der Waals surface area contributed by atoms with Gasteiger partial charge in [0.1, 0.15) is 0 Å². The predicted molar refractivity (Wildman–Crippen MR) is 92.8 cm³/mol. The molecule has 22 heavy (non-hydrogen) atoms. The van der Waals surface area contributed by atoms with Crippen LogP contribution < -0.4 is 0 Å². The average molecular weight is 285 g/mol. The minimum absolute atomic E-state index is 0.158. The van der Waals surface area contributed by atoms with Gasteiger partial charge in [-0.3, -0.25) is 0 Å². The van der Waals surface area contributed by atoms with E-state index >= 15 is 0 Å². The van der Waals surface area contributed by atoms with Gasteiger partial charge in [-0.05, 0) is 33.6 Å². The Morgan fingerprint density at radius 2 is 1.41 bits per heavy atom. The number of nitrogens with zero attached hydrogens (tertiary/aromatic N) is 1. The van der Waals surface area contributed by atoms with Gasteiger partial charge in [0.05, 0.1) is 11.6 Å². The van der Waals surface area contributed by atoms with Gasteiger partial charge in [-0.2, -0.15) is 5.26 Å². The van der Waals surface area contributed by atoms with Crippen molar-refractivity contribution >= 4 is 10.8 Å². The highest BCUT2D eigenvalue weighted by Gasteiger charge is 2.14. The van der Waals surface area contributed by atoms with Gasteiger partial charge in [0, 0.05) is 5.39 Å². The lowest BCUT2D eigenvalue weighted by Crippen LogP contribution is -2.10. The van der Waals surface area contributed by atoms with Crippen molar-refractivity contribution in [3.63, 3.8) is 0 Å². The van der Waals surface area contributed by atoms with Gasteiger partial charge < -0.3 is 0 Å². The van der Waals surface area contributed by atoms with Crippen molar-refractivity contribution in [3.8, 4) is 17.2 Å². The Bertz CT molecular complexity index is 859. The molecule has 0 saturated carbocycles. The van der Waals surface area contributed by atoms with Gasteiger partial charge in [-0.1, -0.05) is 75.4 Å². The van der Waals surface area contributed by atoms with Crippen LogP contribution in [-0.2, 0) is 5.41 Å². The molecule has 0 amide bonds. The maximum absolute atomic E-state index is 9.27. The number of rotatable bonds is 1. The molecule has 0 N–H and O–H groups in total. The summed E-state index contributed by atoms with van der Waals surface area (Å²) < 4.78 is 0. The molecule has 0 atom stereocenters. The Labute approximate surface area is 131 Å². The minimum atomic E-state index is 0.158. The standard InChI is InChI=1S/C21H19N/c1-21(2,3)17-11-8-15(9-12-17)19-13-10-16(14-22)18-6-4-5-7-20(18)19/h4-13H,1-3H3. The van der Waals surface area contributed by atoms with Crippen LogP contribution in [0.4, 0.5) is 0 Å². The third kappa shape index (κ3) is 2.49. The maximum Gasteiger partial charge on any atom is 0.0998 e. The molecule has 0 bridgehead atoms. The lowest BCUT2D eigenvalue weighted by Gasteiger charge is -2.19. The Balaban J connectivity index is 2.17. The molecule has 0 spiro atoms. The molecule has 1 nitrogen and oxygen atoms in total. The van der Waals surface area contributed by atoms with Crippen LogP contribution in [0.2, 0.25) is 0 Å². The van der Waals surface area contributed by atoms with Crippen LogP contribution in [0.5, 0.6) is 0 Å². The molecule has 0 aliphatic rings. The average Bonchev–Trinajstić information content (AvgIpc) is 2.53. The van der Waals surface area contributed by atoms with E-state index in [2.05, 4.69) is 57.2 Å². The summed E-state index contributed by atoms with van der Waals surface area (Å²) in [6, 6.07) is 23.1. The van der Waals surface area contributed by atoms with E-state index in [1.165, 1.54) is 16.7 Å². The van der Waals surface area contributed by atoms with Crippen LogP contribution in [0.25, 0.3) is 21.9 Å². The zero-order chi connectivity index (χ0) is 15.7. The highest BCUT2D eigenvalue weighted by molar-refractivity contribution is 5.99. The van der Waals surface area contributed by atoms with Gasteiger partial charge >= 0.3 is 0 Å². The van der Waals surface area contributed by atoms with E-state index in [-0.39, 0.29) is 5.41 Å². The summed E-state index contributed by atoms with van der Waals surface area (Å²) in [6.07, 6.45) is 0. The smallest absolute Gasteiger partial charge is 0.0998 e. The fourth-order valence-corrected chi connectivity index (χ4v) is 2.80. The molecule has 0 saturated heterocycles. The van der Waals surface area contributed by atoms with Gasteiger partial charge in [0.2, 0.25) is 0 Å². The number of benzene rings is 3. The van der Waals surface area contributed by atoms with E-state index in [4.69, 9.17) is 0 Å².